The molecule has 5 heteroatoms. The number of ether oxygens (including phenoxy) is 1. The van der Waals surface area contributed by atoms with E-state index in [0.29, 0.717) is 15.8 Å². The van der Waals surface area contributed by atoms with Gasteiger partial charge in [0.15, 0.2) is 0 Å². The fourth-order valence-electron chi connectivity index (χ4n) is 1.70. The third-order valence-corrected chi connectivity index (χ3v) is 3.14. The molecule has 0 saturated carbocycles. The number of carboxylic acid groups (broad SMARTS) is 1. The Balaban J connectivity index is 2.45. The van der Waals surface area contributed by atoms with Gasteiger partial charge in [0.25, 0.3) is 0 Å². The fourth-order valence-corrected chi connectivity index (χ4v) is 2.06. The van der Waals surface area contributed by atoms with Crippen molar-refractivity contribution in [2.45, 2.75) is 6.92 Å². The van der Waals surface area contributed by atoms with Crippen LogP contribution < -0.4 is 4.74 Å². The second-order valence-corrected chi connectivity index (χ2v) is 5.07. The largest absolute Gasteiger partial charge is 0.478 e. The molecule has 2 aromatic rings. The molecule has 0 aliphatic heterocycles. The number of carboxylic acids is 1. The molecular weight excluding hydrogens is 322 g/mol. The molecule has 0 radical (unpaired) electrons. The molecule has 0 bridgehead atoms. The van der Waals surface area contributed by atoms with Crippen LogP contribution >= 0.6 is 15.9 Å². The van der Waals surface area contributed by atoms with Gasteiger partial charge < -0.3 is 9.84 Å². The van der Waals surface area contributed by atoms with Crippen LogP contribution in [-0.4, -0.2) is 11.1 Å². The zero-order chi connectivity index (χ0) is 14.7. The zero-order valence-electron chi connectivity index (χ0n) is 10.6. The molecule has 100 valence electrons. The van der Waals surface area contributed by atoms with Crippen LogP contribution in [0.4, 0.5) is 0 Å². The SMILES string of the molecule is Cc1ccc(Oc2ccc(Br)cc2C(=O)O)c(C#N)c1. The number of benzene rings is 2. The van der Waals surface area contributed by atoms with E-state index < -0.39 is 5.97 Å². The summed E-state index contributed by atoms with van der Waals surface area (Å²) in [5.74, 6) is -0.559. The highest BCUT2D eigenvalue weighted by Crippen LogP contribution is 2.30. The topological polar surface area (TPSA) is 70.3 Å². The summed E-state index contributed by atoms with van der Waals surface area (Å²) in [6, 6.07) is 11.9. The van der Waals surface area contributed by atoms with Crippen molar-refractivity contribution < 1.29 is 14.6 Å². The standard InChI is InChI=1S/C15H10BrNO3/c1-9-2-4-13(10(6-9)8-17)20-14-5-3-11(16)7-12(14)15(18)19/h2-7H,1H3,(H,18,19). The maximum absolute atomic E-state index is 11.2. The lowest BCUT2D eigenvalue weighted by Crippen LogP contribution is -2.00. The van der Waals surface area contributed by atoms with E-state index in [2.05, 4.69) is 15.9 Å². The Morgan fingerprint density at radius 2 is 1.95 bits per heavy atom. The molecule has 0 saturated heterocycles. The third-order valence-electron chi connectivity index (χ3n) is 2.65. The first kappa shape index (κ1) is 14.1. The Labute approximate surface area is 124 Å². The summed E-state index contributed by atoms with van der Waals surface area (Å²) >= 11 is 3.22. The number of aryl methyl sites for hydroxylation is 1. The number of nitriles is 1. The molecule has 2 aromatic carbocycles. The fraction of sp³-hybridized carbons (Fsp3) is 0.0667. The summed E-state index contributed by atoms with van der Waals surface area (Å²) in [4.78, 5) is 11.2. The summed E-state index contributed by atoms with van der Waals surface area (Å²) < 4.78 is 6.22. The van der Waals surface area contributed by atoms with Gasteiger partial charge in [-0.15, -0.1) is 0 Å². The van der Waals surface area contributed by atoms with Crippen LogP contribution in [0.2, 0.25) is 0 Å². The molecular formula is C15H10BrNO3. The van der Waals surface area contributed by atoms with Crippen molar-refractivity contribution in [3.63, 3.8) is 0 Å². The normalized spacial score (nSPS) is 9.85. The van der Waals surface area contributed by atoms with Crippen LogP contribution in [-0.2, 0) is 0 Å². The van der Waals surface area contributed by atoms with Crippen molar-refractivity contribution in [2.75, 3.05) is 0 Å². The van der Waals surface area contributed by atoms with Crippen LogP contribution in [0.3, 0.4) is 0 Å². The quantitative estimate of drug-likeness (QED) is 0.918. The first-order chi connectivity index (χ1) is 9.51. The monoisotopic (exact) mass is 331 g/mol. The summed E-state index contributed by atoms with van der Waals surface area (Å²) in [6.45, 7) is 1.87. The zero-order valence-corrected chi connectivity index (χ0v) is 12.1. The molecule has 20 heavy (non-hydrogen) atoms. The van der Waals surface area contributed by atoms with Gasteiger partial charge in [-0.2, -0.15) is 5.26 Å². The van der Waals surface area contributed by atoms with Crippen LogP contribution in [0.1, 0.15) is 21.5 Å². The van der Waals surface area contributed by atoms with E-state index in [9.17, 15) is 9.90 Å². The lowest BCUT2D eigenvalue weighted by molar-refractivity contribution is 0.0694. The van der Waals surface area contributed by atoms with E-state index in [-0.39, 0.29) is 11.3 Å². The van der Waals surface area contributed by atoms with Crippen molar-refractivity contribution in [1.29, 1.82) is 5.26 Å². The van der Waals surface area contributed by atoms with Gasteiger partial charge in [-0.3, -0.25) is 0 Å². The molecule has 2 rings (SSSR count). The van der Waals surface area contributed by atoms with Gasteiger partial charge in [0.2, 0.25) is 0 Å². The number of hydrogen-bond acceptors (Lipinski definition) is 3. The summed E-state index contributed by atoms with van der Waals surface area (Å²) in [6.07, 6.45) is 0. The molecule has 0 aliphatic rings. The molecule has 0 amide bonds. The van der Waals surface area contributed by atoms with E-state index in [1.54, 1.807) is 30.3 Å². The number of carbonyl (C=O) groups is 1. The second-order valence-electron chi connectivity index (χ2n) is 4.16. The van der Waals surface area contributed by atoms with Crippen LogP contribution in [0.15, 0.2) is 40.9 Å². The molecule has 1 N–H and O–H groups in total. The van der Waals surface area contributed by atoms with Crippen LogP contribution in [0.25, 0.3) is 0 Å². The summed E-state index contributed by atoms with van der Waals surface area (Å²) in [5.41, 5.74) is 1.33. The Bertz CT molecular complexity index is 720. The minimum atomic E-state index is -1.09. The number of nitrogens with zero attached hydrogens (tertiary/aromatic N) is 1. The van der Waals surface area contributed by atoms with E-state index in [1.165, 1.54) is 6.07 Å². The third kappa shape index (κ3) is 2.98. The highest BCUT2D eigenvalue weighted by atomic mass is 79.9. The minimum Gasteiger partial charge on any atom is -0.478 e. The summed E-state index contributed by atoms with van der Waals surface area (Å²) in [7, 11) is 0. The first-order valence-corrected chi connectivity index (χ1v) is 6.52. The Morgan fingerprint density at radius 1 is 1.25 bits per heavy atom. The van der Waals surface area contributed by atoms with E-state index in [1.807, 2.05) is 13.0 Å². The Morgan fingerprint density at radius 3 is 2.60 bits per heavy atom. The molecule has 0 unspecified atom stereocenters. The van der Waals surface area contributed by atoms with Gasteiger partial charge in [-0.05, 0) is 42.8 Å². The highest BCUT2D eigenvalue weighted by molar-refractivity contribution is 9.10. The van der Waals surface area contributed by atoms with E-state index in [4.69, 9.17) is 10.00 Å². The Kier molecular flexibility index (Phi) is 4.06. The highest BCUT2D eigenvalue weighted by Gasteiger charge is 2.14. The van der Waals surface area contributed by atoms with Gasteiger partial charge in [0.05, 0.1) is 5.56 Å². The van der Waals surface area contributed by atoms with Crippen LogP contribution in [0.5, 0.6) is 11.5 Å². The minimum absolute atomic E-state index is 0.0313. The first-order valence-electron chi connectivity index (χ1n) is 5.72. The van der Waals surface area contributed by atoms with Crippen molar-refractivity contribution in [3.05, 3.63) is 57.6 Å². The number of rotatable bonds is 3. The van der Waals surface area contributed by atoms with Gasteiger partial charge >= 0.3 is 5.97 Å². The van der Waals surface area contributed by atoms with Gasteiger partial charge in [0.1, 0.15) is 23.1 Å². The van der Waals surface area contributed by atoms with Gasteiger partial charge in [-0.25, -0.2) is 4.79 Å². The molecule has 4 nitrogen and oxygen atoms in total. The average molecular weight is 332 g/mol. The smallest absolute Gasteiger partial charge is 0.339 e. The lowest BCUT2D eigenvalue weighted by Gasteiger charge is -2.10. The van der Waals surface area contributed by atoms with Gasteiger partial charge in [-0.1, -0.05) is 22.0 Å². The van der Waals surface area contributed by atoms with E-state index >= 15 is 0 Å². The predicted molar refractivity (Wildman–Crippen MR) is 77.1 cm³/mol. The molecule has 0 heterocycles. The van der Waals surface area contributed by atoms with Gasteiger partial charge in [0, 0.05) is 4.47 Å². The van der Waals surface area contributed by atoms with E-state index in [0.717, 1.165) is 5.56 Å². The maximum Gasteiger partial charge on any atom is 0.339 e. The number of aromatic carboxylic acids is 1. The second kappa shape index (κ2) is 5.76. The number of halogens is 1. The Hall–Kier alpha value is -2.32. The van der Waals surface area contributed by atoms with Crippen molar-refractivity contribution in [3.8, 4) is 17.6 Å². The predicted octanol–water partition coefficient (Wildman–Crippen LogP) is 4.12. The van der Waals surface area contributed by atoms with Crippen molar-refractivity contribution in [2.24, 2.45) is 0 Å². The molecule has 0 atom stereocenters. The molecule has 0 aromatic heterocycles. The summed E-state index contributed by atoms with van der Waals surface area (Å²) in [5, 5.41) is 18.3. The molecule has 0 spiro atoms. The van der Waals surface area contributed by atoms with Crippen molar-refractivity contribution in [1.82, 2.24) is 0 Å². The van der Waals surface area contributed by atoms with Crippen molar-refractivity contribution >= 4 is 21.9 Å². The average Bonchev–Trinajstić information content (AvgIpc) is 2.42. The molecule has 0 fully saturated rings. The maximum atomic E-state index is 11.2. The lowest BCUT2D eigenvalue weighted by atomic mass is 10.1. The number of hydrogen-bond donors (Lipinski definition) is 1. The molecule has 0 aliphatic carbocycles. The van der Waals surface area contributed by atoms with Crippen LogP contribution in [0, 0.1) is 18.3 Å².